The van der Waals surface area contributed by atoms with Crippen LogP contribution in [-0.4, -0.2) is 66.0 Å². The summed E-state index contributed by atoms with van der Waals surface area (Å²) in [5.41, 5.74) is 1.08. The van der Waals surface area contributed by atoms with Crippen LogP contribution in [0.1, 0.15) is 26.2 Å². The number of rotatable bonds is 3. The van der Waals surface area contributed by atoms with Gasteiger partial charge in [-0.2, -0.15) is 0 Å². The van der Waals surface area contributed by atoms with Crippen LogP contribution < -0.4 is 4.90 Å². The lowest BCUT2D eigenvalue weighted by Crippen LogP contribution is -2.52. The van der Waals surface area contributed by atoms with Gasteiger partial charge in [-0.3, -0.25) is 9.69 Å². The van der Waals surface area contributed by atoms with E-state index in [2.05, 4.69) is 39.8 Å². The summed E-state index contributed by atoms with van der Waals surface area (Å²) in [6.07, 6.45) is 3.56. The predicted octanol–water partition coefficient (Wildman–Crippen LogP) is 2.82. The summed E-state index contributed by atoms with van der Waals surface area (Å²) >= 11 is 1.76. The number of carbonyl (C=O) groups is 1. The summed E-state index contributed by atoms with van der Waals surface area (Å²) in [4.78, 5) is 24.1. The average Bonchev–Trinajstić information content (AvgIpc) is 3.07. The van der Waals surface area contributed by atoms with E-state index in [0.29, 0.717) is 18.5 Å². The molecule has 1 unspecified atom stereocenters. The van der Waals surface area contributed by atoms with Crippen molar-refractivity contribution in [2.24, 2.45) is 0 Å². The lowest BCUT2D eigenvalue weighted by molar-refractivity contribution is -0.135. The first-order valence-corrected chi connectivity index (χ1v) is 10.1. The Hall–Kier alpha value is -1.66. The molecule has 0 aliphatic carbocycles. The molecule has 2 fully saturated rings. The van der Waals surface area contributed by atoms with Gasteiger partial charge in [-0.15, -0.1) is 0 Å². The van der Waals surface area contributed by atoms with Crippen LogP contribution in [0.15, 0.2) is 24.3 Å². The van der Waals surface area contributed by atoms with Crippen molar-refractivity contribution in [3.63, 3.8) is 0 Å². The predicted molar refractivity (Wildman–Crippen MR) is 103 cm³/mol. The zero-order valence-corrected chi connectivity index (χ0v) is 15.7. The summed E-state index contributed by atoms with van der Waals surface area (Å²) in [7, 11) is 0. The quantitative estimate of drug-likeness (QED) is 0.846. The number of carbonyl (C=O) groups excluding carboxylic acids is 1. The molecule has 0 radical (unpaired) electrons. The van der Waals surface area contributed by atoms with Crippen LogP contribution in [0.2, 0.25) is 0 Å². The summed E-state index contributed by atoms with van der Waals surface area (Å²) in [5, 5.41) is 1.11. The molecular weight excluding hydrogens is 332 g/mol. The third-order valence-corrected chi connectivity index (χ3v) is 6.50. The van der Waals surface area contributed by atoms with Crippen molar-refractivity contribution >= 4 is 32.6 Å². The Kier molecular flexibility index (Phi) is 4.90. The molecule has 2 aliphatic rings. The molecule has 1 aromatic heterocycles. The molecule has 2 aromatic rings. The molecule has 0 spiro atoms. The lowest BCUT2D eigenvalue weighted by Gasteiger charge is -2.38. The van der Waals surface area contributed by atoms with Gasteiger partial charge in [-0.1, -0.05) is 23.5 Å². The number of thiazole rings is 1. The number of hydrogen-bond donors (Lipinski definition) is 0. The summed E-state index contributed by atoms with van der Waals surface area (Å²) in [6, 6.07) is 8.71. The molecule has 5 nitrogen and oxygen atoms in total. The van der Waals surface area contributed by atoms with Crippen LogP contribution in [0.25, 0.3) is 10.2 Å². The van der Waals surface area contributed by atoms with E-state index in [1.165, 1.54) is 11.1 Å². The van der Waals surface area contributed by atoms with Gasteiger partial charge in [0.15, 0.2) is 5.13 Å². The number of piperidine rings is 1. The van der Waals surface area contributed by atoms with Gasteiger partial charge in [-0.25, -0.2) is 4.98 Å². The Morgan fingerprint density at radius 3 is 2.72 bits per heavy atom. The molecule has 134 valence electrons. The number of aromatic nitrogens is 1. The maximum atomic E-state index is 12.6. The van der Waals surface area contributed by atoms with Crippen LogP contribution in [0.3, 0.4) is 0 Å². The molecule has 1 amide bonds. The van der Waals surface area contributed by atoms with Crippen LogP contribution >= 0.6 is 11.3 Å². The number of likely N-dealkylation sites (tertiary alicyclic amines) is 1. The SMILES string of the molecule is CC1CCCCN1C(=O)CN1CCN(c2nc3ccccc3s2)CC1. The lowest BCUT2D eigenvalue weighted by atomic mass is 10.0. The number of benzene rings is 1. The van der Waals surface area contributed by atoms with Crippen LogP contribution in [0.4, 0.5) is 5.13 Å². The Balaban J connectivity index is 1.32. The van der Waals surface area contributed by atoms with Crippen LogP contribution in [-0.2, 0) is 4.79 Å². The van der Waals surface area contributed by atoms with Gasteiger partial charge in [0.1, 0.15) is 0 Å². The minimum absolute atomic E-state index is 0.306. The molecule has 3 heterocycles. The number of piperazine rings is 1. The van der Waals surface area contributed by atoms with Crippen molar-refractivity contribution in [2.75, 3.05) is 44.2 Å². The van der Waals surface area contributed by atoms with E-state index in [1.807, 2.05) is 6.07 Å². The highest BCUT2D eigenvalue weighted by atomic mass is 32.1. The highest BCUT2D eigenvalue weighted by molar-refractivity contribution is 7.22. The third-order valence-electron chi connectivity index (χ3n) is 5.41. The van der Waals surface area contributed by atoms with E-state index in [1.54, 1.807) is 11.3 Å². The zero-order valence-electron chi connectivity index (χ0n) is 14.9. The average molecular weight is 359 g/mol. The second-order valence-corrected chi connectivity index (χ2v) is 8.17. The number of anilines is 1. The van der Waals surface area contributed by atoms with Crippen molar-refractivity contribution < 1.29 is 4.79 Å². The Bertz CT molecular complexity index is 705. The largest absolute Gasteiger partial charge is 0.345 e. The van der Waals surface area contributed by atoms with Crippen molar-refractivity contribution in [1.82, 2.24) is 14.8 Å². The molecule has 1 aromatic carbocycles. The molecule has 0 bridgehead atoms. The van der Waals surface area contributed by atoms with E-state index in [0.717, 1.165) is 56.2 Å². The van der Waals surface area contributed by atoms with E-state index >= 15 is 0 Å². The number of hydrogen-bond acceptors (Lipinski definition) is 5. The Labute approximate surface area is 153 Å². The standard InChI is InChI=1S/C19H26N4OS/c1-15-6-4-5-9-23(15)18(24)14-21-10-12-22(13-11-21)19-20-16-7-2-3-8-17(16)25-19/h2-3,7-8,15H,4-6,9-14H2,1H3. The van der Waals surface area contributed by atoms with Gasteiger partial charge in [0.2, 0.25) is 5.91 Å². The number of nitrogens with zero attached hydrogens (tertiary/aromatic N) is 4. The van der Waals surface area contributed by atoms with Crippen molar-refractivity contribution in [2.45, 2.75) is 32.2 Å². The summed E-state index contributed by atoms with van der Waals surface area (Å²) in [6.45, 7) is 7.45. The fraction of sp³-hybridized carbons (Fsp3) is 0.579. The Morgan fingerprint density at radius 1 is 1.16 bits per heavy atom. The summed E-state index contributed by atoms with van der Waals surface area (Å²) < 4.78 is 1.24. The number of amides is 1. The monoisotopic (exact) mass is 358 g/mol. The highest BCUT2D eigenvalue weighted by Crippen LogP contribution is 2.29. The van der Waals surface area contributed by atoms with Gasteiger partial charge in [0.25, 0.3) is 0 Å². The summed E-state index contributed by atoms with van der Waals surface area (Å²) in [5.74, 6) is 0.306. The first kappa shape index (κ1) is 16.8. The number of fused-ring (bicyclic) bond motifs is 1. The third kappa shape index (κ3) is 3.65. The molecule has 0 N–H and O–H groups in total. The molecular formula is C19H26N4OS. The molecule has 1 atom stereocenters. The fourth-order valence-corrected chi connectivity index (χ4v) is 4.86. The topological polar surface area (TPSA) is 39.7 Å². The van der Waals surface area contributed by atoms with Crippen molar-refractivity contribution in [3.05, 3.63) is 24.3 Å². The second-order valence-electron chi connectivity index (χ2n) is 7.16. The molecule has 0 saturated carbocycles. The van der Waals surface area contributed by atoms with E-state index in [4.69, 9.17) is 4.98 Å². The van der Waals surface area contributed by atoms with Gasteiger partial charge >= 0.3 is 0 Å². The molecule has 2 aliphatic heterocycles. The maximum Gasteiger partial charge on any atom is 0.236 e. The van der Waals surface area contributed by atoms with E-state index in [-0.39, 0.29) is 0 Å². The van der Waals surface area contributed by atoms with Gasteiger partial charge in [0, 0.05) is 38.8 Å². The fourth-order valence-electron chi connectivity index (χ4n) is 3.84. The molecule has 6 heteroatoms. The zero-order chi connectivity index (χ0) is 17.2. The maximum absolute atomic E-state index is 12.6. The van der Waals surface area contributed by atoms with E-state index < -0.39 is 0 Å². The van der Waals surface area contributed by atoms with E-state index in [9.17, 15) is 4.79 Å². The molecule has 25 heavy (non-hydrogen) atoms. The molecule has 4 rings (SSSR count). The first-order chi connectivity index (χ1) is 12.2. The van der Waals surface area contributed by atoms with Crippen molar-refractivity contribution in [1.29, 1.82) is 0 Å². The van der Waals surface area contributed by atoms with Gasteiger partial charge in [-0.05, 0) is 38.3 Å². The Morgan fingerprint density at radius 2 is 1.96 bits per heavy atom. The van der Waals surface area contributed by atoms with Gasteiger partial charge in [0.05, 0.1) is 16.8 Å². The smallest absolute Gasteiger partial charge is 0.236 e. The van der Waals surface area contributed by atoms with Crippen LogP contribution in [0.5, 0.6) is 0 Å². The number of para-hydroxylation sites is 1. The first-order valence-electron chi connectivity index (χ1n) is 9.33. The van der Waals surface area contributed by atoms with Gasteiger partial charge < -0.3 is 9.80 Å². The highest BCUT2D eigenvalue weighted by Gasteiger charge is 2.26. The molecule has 2 saturated heterocycles. The van der Waals surface area contributed by atoms with Crippen molar-refractivity contribution in [3.8, 4) is 0 Å². The van der Waals surface area contributed by atoms with Crippen LogP contribution in [0, 0.1) is 0 Å². The minimum Gasteiger partial charge on any atom is -0.345 e. The second kappa shape index (κ2) is 7.30. The minimum atomic E-state index is 0.306. The normalized spacial score (nSPS) is 22.5.